The third-order valence-electron chi connectivity index (χ3n) is 5.12. The van der Waals surface area contributed by atoms with Gasteiger partial charge in [-0.05, 0) is 67.8 Å². The summed E-state index contributed by atoms with van der Waals surface area (Å²) in [4.78, 5) is 20.9. The normalized spacial score (nSPS) is 12.9. The standard InChI is InChI=1S/C25H26N2O3S/c1-3-29-22-15-18-12-14-27(17-19(18)16-23(22)30-4-2)25(28)21-11-8-13-26-24(21)31-20-9-6-5-7-10-20/h5-11,13,15-16H,3-4,12,14,17H2,1-2H3. The molecule has 0 saturated heterocycles. The van der Waals surface area contributed by atoms with E-state index < -0.39 is 0 Å². The van der Waals surface area contributed by atoms with Crippen LogP contribution in [0, 0.1) is 0 Å². The monoisotopic (exact) mass is 434 g/mol. The van der Waals surface area contributed by atoms with Crippen molar-refractivity contribution in [1.82, 2.24) is 9.88 Å². The molecule has 160 valence electrons. The van der Waals surface area contributed by atoms with E-state index >= 15 is 0 Å². The Hall–Kier alpha value is -2.99. The molecular weight excluding hydrogens is 408 g/mol. The van der Waals surface area contributed by atoms with Crippen LogP contribution in [0.5, 0.6) is 11.5 Å². The molecule has 0 radical (unpaired) electrons. The van der Waals surface area contributed by atoms with Gasteiger partial charge in [0.15, 0.2) is 11.5 Å². The summed E-state index contributed by atoms with van der Waals surface area (Å²) in [5, 5.41) is 0.728. The number of amides is 1. The number of carbonyl (C=O) groups is 1. The molecule has 0 saturated carbocycles. The molecule has 0 aliphatic carbocycles. The van der Waals surface area contributed by atoms with Crippen LogP contribution in [0.2, 0.25) is 0 Å². The molecule has 2 aromatic carbocycles. The number of ether oxygens (including phenoxy) is 2. The van der Waals surface area contributed by atoms with E-state index in [0.717, 1.165) is 33.4 Å². The molecular formula is C25H26N2O3S. The maximum absolute atomic E-state index is 13.4. The number of nitrogens with zero attached hydrogens (tertiary/aromatic N) is 2. The predicted molar refractivity (Wildman–Crippen MR) is 122 cm³/mol. The number of pyridine rings is 1. The van der Waals surface area contributed by atoms with Gasteiger partial charge in [0.1, 0.15) is 5.03 Å². The highest BCUT2D eigenvalue weighted by Gasteiger charge is 2.26. The number of fused-ring (bicyclic) bond motifs is 1. The zero-order valence-electron chi connectivity index (χ0n) is 17.8. The third kappa shape index (κ3) is 4.85. The quantitative estimate of drug-likeness (QED) is 0.510. The molecule has 0 fully saturated rings. The second-order valence-electron chi connectivity index (χ2n) is 7.18. The molecule has 1 aliphatic heterocycles. The highest BCUT2D eigenvalue weighted by atomic mass is 32.2. The molecule has 2 heterocycles. The van der Waals surface area contributed by atoms with Gasteiger partial charge in [0.25, 0.3) is 5.91 Å². The molecule has 1 aromatic heterocycles. The summed E-state index contributed by atoms with van der Waals surface area (Å²) in [7, 11) is 0. The molecule has 0 bridgehead atoms. The smallest absolute Gasteiger partial charge is 0.256 e. The van der Waals surface area contributed by atoms with Crippen LogP contribution in [0.3, 0.4) is 0 Å². The predicted octanol–water partition coefficient (Wildman–Crippen LogP) is 5.23. The number of hydrogen-bond acceptors (Lipinski definition) is 5. The zero-order valence-corrected chi connectivity index (χ0v) is 18.7. The van der Waals surface area contributed by atoms with E-state index in [9.17, 15) is 4.79 Å². The second kappa shape index (κ2) is 9.88. The maximum atomic E-state index is 13.4. The minimum atomic E-state index is 0.00373. The molecule has 31 heavy (non-hydrogen) atoms. The summed E-state index contributed by atoms with van der Waals surface area (Å²) in [6, 6.07) is 17.8. The lowest BCUT2D eigenvalue weighted by molar-refractivity contribution is 0.0730. The van der Waals surface area contributed by atoms with Crippen LogP contribution in [-0.2, 0) is 13.0 Å². The van der Waals surface area contributed by atoms with E-state index in [1.165, 1.54) is 17.3 Å². The van der Waals surface area contributed by atoms with E-state index in [1.54, 1.807) is 6.20 Å². The molecule has 0 atom stereocenters. The summed E-state index contributed by atoms with van der Waals surface area (Å²) >= 11 is 1.51. The summed E-state index contributed by atoms with van der Waals surface area (Å²) in [6.45, 7) is 6.29. The lowest BCUT2D eigenvalue weighted by Gasteiger charge is -2.30. The summed E-state index contributed by atoms with van der Waals surface area (Å²) < 4.78 is 11.5. The molecule has 5 nitrogen and oxygen atoms in total. The van der Waals surface area contributed by atoms with Crippen molar-refractivity contribution in [2.45, 2.75) is 36.7 Å². The van der Waals surface area contributed by atoms with Crippen molar-refractivity contribution in [1.29, 1.82) is 0 Å². The molecule has 0 N–H and O–H groups in total. The minimum Gasteiger partial charge on any atom is -0.490 e. The van der Waals surface area contributed by atoms with Gasteiger partial charge in [0, 0.05) is 24.2 Å². The van der Waals surface area contributed by atoms with Gasteiger partial charge in [-0.2, -0.15) is 0 Å². The van der Waals surface area contributed by atoms with E-state index in [1.807, 2.05) is 67.3 Å². The first-order valence-corrected chi connectivity index (χ1v) is 11.4. The SMILES string of the molecule is CCOc1cc2c(cc1OCC)CN(C(=O)c1cccnc1Sc1ccccc1)CC2. The number of rotatable bonds is 7. The Morgan fingerprint density at radius 2 is 1.71 bits per heavy atom. The van der Waals surface area contributed by atoms with Crippen LogP contribution >= 0.6 is 11.8 Å². The summed E-state index contributed by atoms with van der Waals surface area (Å²) in [6.07, 6.45) is 2.52. The average molecular weight is 435 g/mol. The number of hydrogen-bond donors (Lipinski definition) is 0. The average Bonchev–Trinajstić information content (AvgIpc) is 2.80. The van der Waals surface area contributed by atoms with E-state index in [2.05, 4.69) is 11.1 Å². The zero-order chi connectivity index (χ0) is 21.6. The van der Waals surface area contributed by atoms with Gasteiger partial charge in [-0.1, -0.05) is 30.0 Å². The summed E-state index contributed by atoms with van der Waals surface area (Å²) in [5.41, 5.74) is 2.95. The Morgan fingerprint density at radius 3 is 2.42 bits per heavy atom. The van der Waals surface area contributed by atoms with Crippen molar-refractivity contribution in [3.05, 3.63) is 77.5 Å². The van der Waals surface area contributed by atoms with Crippen LogP contribution in [0.4, 0.5) is 0 Å². The summed E-state index contributed by atoms with van der Waals surface area (Å²) in [5.74, 6) is 1.51. The molecule has 1 amide bonds. The van der Waals surface area contributed by atoms with Gasteiger partial charge in [0.05, 0.1) is 18.8 Å². The molecule has 6 heteroatoms. The minimum absolute atomic E-state index is 0.00373. The van der Waals surface area contributed by atoms with Gasteiger partial charge in [0.2, 0.25) is 0 Å². The lowest BCUT2D eigenvalue weighted by atomic mass is 9.98. The maximum Gasteiger partial charge on any atom is 0.256 e. The molecule has 0 unspecified atom stereocenters. The third-order valence-corrected chi connectivity index (χ3v) is 6.15. The first-order chi connectivity index (χ1) is 15.2. The van der Waals surface area contributed by atoms with Gasteiger partial charge in [-0.3, -0.25) is 4.79 Å². The second-order valence-corrected chi connectivity index (χ2v) is 8.24. The van der Waals surface area contributed by atoms with Crippen molar-refractivity contribution >= 4 is 17.7 Å². The Kier molecular flexibility index (Phi) is 6.77. The molecule has 3 aromatic rings. The highest BCUT2D eigenvalue weighted by molar-refractivity contribution is 7.99. The first kappa shape index (κ1) is 21.2. The Labute approximate surface area is 187 Å². The number of aromatic nitrogens is 1. The van der Waals surface area contributed by atoms with E-state index in [4.69, 9.17) is 9.47 Å². The van der Waals surface area contributed by atoms with Crippen molar-refractivity contribution in [2.75, 3.05) is 19.8 Å². The first-order valence-electron chi connectivity index (χ1n) is 10.6. The van der Waals surface area contributed by atoms with Crippen molar-refractivity contribution in [2.24, 2.45) is 0 Å². The number of benzene rings is 2. The van der Waals surface area contributed by atoms with Crippen LogP contribution in [-0.4, -0.2) is 35.5 Å². The van der Waals surface area contributed by atoms with Gasteiger partial charge in [-0.15, -0.1) is 0 Å². The van der Waals surface area contributed by atoms with Crippen molar-refractivity contribution in [3.63, 3.8) is 0 Å². The van der Waals surface area contributed by atoms with Crippen LogP contribution < -0.4 is 9.47 Å². The van der Waals surface area contributed by atoms with Crippen LogP contribution in [0.15, 0.2) is 70.7 Å². The van der Waals surface area contributed by atoms with E-state index in [-0.39, 0.29) is 5.91 Å². The number of carbonyl (C=O) groups excluding carboxylic acids is 1. The fourth-order valence-electron chi connectivity index (χ4n) is 3.68. The molecule has 1 aliphatic rings. The highest BCUT2D eigenvalue weighted by Crippen LogP contribution is 2.35. The Bertz CT molecular complexity index is 1060. The molecule has 0 spiro atoms. The topological polar surface area (TPSA) is 51.7 Å². The lowest BCUT2D eigenvalue weighted by Crippen LogP contribution is -2.36. The van der Waals surface area contributed by atoms with Gasteiger partial charge < -0.3 is 14.4 Å². The van der Waals surface area contributed by atoms with Crippen LogP contribution in [0.25, 0.3) is 0 Å². The van der Waals surface area contributed by atoms with E-state index in [0.29, 0.717) is 31.9 Å². The van der Waals surface area contributed by atoms with Crippen LogP contribution in [0.1, 0.15) is 35.3 Å². The van der Waals surface area contributed by atoms with Crippen molar-refractivity contribution < 1.29 is 14.3 Å². The van der Waals surface area contributed by atoms with Crippen molar-refractivity contribution in [3.8, 4) is 11.5 Å². The Morgan fingerprint density at radius 1 is 1.00 bits per heavy atom. The van der Waals surface area contributed by atoms with Gasteiger partial charge in [-0.25, -0.2) is 4.98 Å². The Balaban J connectivity index is 1.57. The van der Waals surface area contributed by atoms with Gasteiger partial charge >= 0.3 is 0 Å². The molecule has 4 rings (SSSR count). The fourth-order valence-corrected chi connectivity index (χ4v) is 4.57. The largest absolute Gasteiger partial charge is 0.490 e. The fraction of sp³-hybridized carbons (Fsp3) is 0.280.